The number of hydrogen-bond acceptors (Lipinski definition) is 5. The van der Waals surface area contributed by atoms with Crippen molar-refractivity contribution in [1.29, 1.82) is 0 Å². The van der Waals surface area contributed by atoms with Crippen LogP contribution in [0.5, 0.6) is 0 Å². The lowest BCUT2D eigenvalue weighted by atomic mass is 9.95. The van der Waals surface area contributed by atoms with Crippen LogP contribution in [0, 0.1) is 27.7 Å². The number of ether oxygens (including phenoxy) is 1. The zero-order valence-electron chi connectivity index (χ0n) is 22.5. The molecule has 0 amide bonds. The summed E-state index contributed by atoms with van der Waals surface area (Å²) in [6.45, 7) is 12.0. The number of nitrogens with zero attached hydrogens (tertiary/aromatic N) is 3. The third-order valence-corrected chi connectivity index (χ3v) is 7.94. The molecule has 0 N–H and O–H groups in total. The Hall–Kier alpha value is -3.97. The summed E-state index contributed by atoms with van der Waals surface area (Å²) in [5.41, 5.74) is 8.14. The first kappa shape index (κ1) is 25.7. The fourth-order valence-corrected chi connectivity index (χ4v) is 6.06. The summed E-state index contributed by atoms with van der Waals surface area (Å²) in [7, 11) is 0. The molecule has 1 unspecified atom stereocenters. The van der Waals surface area contributed by atoms with Crippen LogP contribution in [0.15, 0.2) is 75.7 Å². The lowest BCUT2D eigenvalue weighted by molar-refractivity contribution is -0.139. The van der Waals surface area contributed by atoms with Gasteiger partial charge in [-0.15, -0.1) is 0 Å². The molecule has 0 bridgehead atoms. The third kappa shape index (κ3) is 4.47. The lowest BCUT2D eigenvalue weighted by Gasteiger charge is -2.24. The van der Waals surface area contributed by atoms with Gasteiger partial charge in [0, 0.05) is 17.1 Å². The first-order valence-electron chi connectivity index (χ1n) is 12.7. The predicted octanol–water partition coefficient (Wildman–Crippen LogP) is 4.82. The predicted molar refractivity (Wildman–Crippen MR) is 152 cm³/mol. The lowest BCUT2D eigenvalue weighted by Crippen LogP contribution is -2.39. The molecular weight excluding hydrogens is 494 g/mol. The van der Waals surface area contributed by atoms with Gasteiger partial charge in [0.25, 0.3) is 5.56 Å². The molecule has 0 spiro atoms. The fraction of sp³-hybridized carbons (Fsp3) is 0.258. The third-order valence-electron chi connectivity index (χ3n) is 6.96. The Morgan fingerprint density at radius 2 is 1.63 bits per heavy atom. The van der Waals surface area contributed by atoms with E-state index >= 15 is 0 Å². The molecule has 2 aromatic heterocycles. The summed E-state index contributed by atoms with van der Waals surface area (Å²) in [4.78, 5) is 32.2. The topological polar surface area (TPSA) is 65.6 Å². The molecule has 5 rings (SSSR count). The zero-order valence-corrected chi connectivity index (χ0v) is 23.3. The number of carbonyl (C=O) groups excluding carboxylic acids is 1. The molecule has 0 saturated heterocycles. The number of aromatic nitrogens is 2. The van der Waals surface area contributed by atoms with Gasteiger partial charge >= 0.3 is 5.97 Å². The second-order valence-corrected chi connectivity index (χ2v) is 10.7. The normalized spacial score (nSPS) is 15.4. The van der Waals surface area contributed by atoms with Crippen molar-refractivity contribution in [2.45, 2.75) is 47.6 Å². The number of fused-ring (bicyclic) bond motifs is 1. The Kier molecular flexibility index (Phi) is 6.80. The van der Waals surface area contributed by atoms with Gasteiger partial charge in [-0.1, -0.05) is 58.9 Å². The van der Waals surface area contributed by atoms with Crippen LogP contribution in [0.25, 0.3) is 11.8 Å². The van der Waals surface area contributed by atoms with Crippen LogP contribution in [0.3, 0.4) is 0 Å². The maximum Gasteiger partial charge on any atom is 0.338 e. The van der Waals surface area contributed by atoms with Crippen LogP contribution < -0.4 is 14.9 Å². The summed E-state index contributed by atoms with van der Waals surface area (Å²) < 4.78 is 9.79. The van der Waals surface area contributed by atoms with E-state index in [0.29, 0.717) is 20.6 Å². The van der Waals surface area contributed by atoms with Crippen LogP contribution in [-0.4, -0.2) is 21.7 Å². The number of aryl methyl sites for hydroxylation is 3. The Morgan fingerprint density at radius 3 is 2.26 bits per heavy atom. The van der Waals surface area contributed by atoms with E-state index in [2.05, 4.69) is 60.7 Å². The Balaban J connectivity index is 1.68. The Labute approximate surface area is 225 Å². The van der Waals surface area contributed by atoms with Crippen molar-refractivity contribution in [3.8, 4) is 5.69 Å². The van der Waals surface area contributed by atoms with Crippen molar-refractivity contribution in [3.05, 3.63) is 119 Å². The van der Waals surface area contributed by atoms with Gasteiger partial charge in [0.05, 0.1) is 28.5 Å². The maximum atomic E-state index is 13.9. The van der Waals surface area contributed by atoms with Crippen LogP contribution in [0.2, 0.25) is 0 Å². The summed E-state index contributed by atoms with van der Waals surface area (Å²) in [6.07, 6.45) is 1.94. The minimum absolute atomic E-state index is 0.172. The van der Waals surface area contributed by atoms with Gasteiger partial charge < -0.3 is 9.30 Å². The average molecular weight is 526 g/mol. The van der Waals surface area contributed by atoms with Gasteiger partial charge in [-0.05, 0) is 76.9 Å². The van der Waals surface area contributed by atoms with Crippen LogP contribution >= 0.6 is 11.3 Å². The van der Waals surface area contributed by atoms with Gasteiger partial charge in [0.1, 0.15) is 0 Å². The fourth-order valence-electron chi connectivity index (χ4n) is 5.02. The number of allylic oxidation sites excluding steroid dienone is 1. The first-order valence-corrected chi connectivity index (χ1v) is 13.5. The molecule has 38 heavy (non-hydrogen) atoms. The molecule has 4 aromatic rings. The number of thiazole rings is 1. The molecule has 1 atom stereocenters. The van der Waals surface area contributed by atoms with E-state index in [1.165, 1.54) is 16.9 Å². The molecule has 1 aliphatic heterocycles. The minimum Gasteiger partial charge on any atom is -0.463 e. The highest BCUT2D eigenvalue weighted by Gasteiger charge is 2.33. The SMILES string of the molecule is CCOC(=O)C1=C(C)N=c2sc(=Cc3cc(C)n(-c4ccc(C)cc4)c3C)c(=O)n2C1c1ccc(C)cc1. The minimum atomic E-state index is -0.604. The van der Waals surface area contributed by atoms with E-state index in [1.807, 2.05) is 37.3 Å². The monoisotopic (exact) mass is 525 g/mol. The molecule has 1 aliphatic rings. The van der Waals surface area contributed by atoms with Gasteiger partial charge in [-0.3, -0.25) is 9.36 Å². The first-order chi connectivity index (χ1) is 18.2. The molecule has 0 saturated carbocycles. The molecule has 0 radical (unpaired) electrons. The summed E-state index contributed by atoms with van der Waals surface area (Å²) in [5, 5.41) is 0. The highest BCUT2D eigenvalue weighted by atomic mass is 32.1. The standard InChI is InChI=1S/C31H31N3O3S/c1-7-37-30(36)27-21(5)32-31-34(28(27)23-12-8-18(2)9-13-23)29(35)26(38-31)17-24-16-20(4)33(22(24)6)25-14-10-19(3)11-15-25/h8-17,28H,7H2,1-6H3. The number of carbonyl (C=O) groups is 1. The molecular formula is C31H31N3O3S. The van der Waals surface area contributed by atoms with E-state index in [9.17, 15) is 9.59 Å². The molecule has 0 aliphatic carbocycles. The van der Waals surface area contributed by atoms with Gasteiger partial charge in [-0.25, -0.2) is 9.79 Å². The van der Waals surface area contributed by atoms with E-state index < -0.39 is 12.0 Å². The van der Waals surface area contributed by atoms with Crippen molar-refractivity contribution in [2.75, 3.05) is 6.61 Å². The molecule has 3 heterocycles. The van der Waals surface area contributed by atoms with Crippen LogP contribution in [0.4, 0.5) is 0 Å². The van der Waals surface area contributed by atoms with Crippen LogP contribution in [0.1, 0.15) is 53.5 Å². The van der Waals surface area contributed by atoms with Crippen LogP contribution in [-0.2, 0) is 9.53 Å². The van der Waals surface area contributed by atoms with E-state index in [0.717, 1.165) is 33.8 Å². The highest BCUT2D eigenvalue weighted by Crippen LogP contribution is 2.31. The Morgan fingerprint density at radius 1 is 1.00 bits per heavy atom. The Bertz CT molecular complexity index is 1750. The largest absolute Gasteiger partial charge is 0.463 e. The second-order valence-electron chi connectivity index (χ2n) is 9.71. The summed E-state index contributed by atoms with van der Waals surface area (Å²) >= 11 is 1.34. The number of hydrogen-bond donors (Lipinski definition) is 0. The number of benzene rings is 2. The zero-order chi connectivity index (χ0) is 27.1. The van der Waals surface area contributed by atoms with Gasteiger partial charge in [0.2, 0.25) is 0 Å². The van der Waals surface area contributed by atoms with Crippen molar-refractivity contribution >= 4 is 23.4 Å². The number of rotatable bonds is 5. The molecule has 2 aromatic carbocycles. The molecule has 6 nitrogen and oxygen atoms in total. The van der Waals surface area contributed by atoms with Crippen molar-refractivity contribution in [1.82, 2.24) is 9.13 Å². The quantitative estimate of drug-likeness (QED) is 0.351. The highest BCUT2D eigenvalue weighted by molar-refractivity contribution is 7.07. The molecule has 7 heteroatoms. The smallest absolute Gasteiger partial charge is 0.338 e. The van der Waals surface area contributed by atoms with Crippen molar-refractivity contribution in [2.24, 2.45) is 4.99 Å². The maximum absolute atomic E-state index is 13.9. The van der Waals surface area contributed by atoms with Gasteiger partial charge in [-0.2, -0.15) is 0 Å². The van der Waals surface area contributed by atoms with Crippen molar-refractivity contribution in [3.63, 3.8) is 0 Å². The summed E-state index contributed by atoms with van der Waals surface area (Å²) in [6, 6.07) is 17.8. The average Bonchev–Trinajstić information content (AvgIpc) is 3.34. The number of esters is 1. The van der Waals surface area contributed by atoms with Crippen molar-refractivity contribution < 1.29 is 9.53 Å². The van der Waals surface area contributed by atoms with E-state index in [1.54, 1.807) is 18.4 Å². The van der Waals surface area contributed by atoms with E-state index in [4.69, 9.17) is 4.74 Å². The van der Waals surface area contributed by atoms with E-state index in [-0.39, 0.29) is 12.2 Å². The van der Waals surface area contributed by atoms with Gasteiger partial charge in [0.15, 0.2) is 4.80 Å². The summed E-state index contributed by atoms with van der Waals surface area (Å²) in [5.74, 6) is -0.449. The molecule has 194 valence electrons. The second kappa shape index (κ2) is 10.1. The molecule has 0 fully saturated rings.